The Hall–Kier alpha value is -4.84. The monoisotopic (exact) mass is 895 g/mol. The first-order valence-electron chi connectivity index (χ1n) is 21.2. The molecule has 4 heterocycles. The molecule has 3 aromatic carbocycles. The van der Waals surface area contributed by atoms with Gasteiger partial charge < -0.3 is 54.7 Å². The molecule has 3 aliphatic rings. The molecule has 0 radical (unpaired) electrons. The highest BCUT2D eigenvalue weighted by Crippen LogP contribution is 2.42. The maximum absolute atomic E-state index is 13.5. The van der Waals surface area contributed by atoms with E-state index < -0.39 is 36.2 Å². The molecule has 2 saturated heterocycles. The lowest BCUT2D eigenvalue weighted by molar-refractivity contribution is -0.316. The predicted octanol–water partition coefficient (Wildman–Crippen LogP) is 6.87. The Morgan fingerprint density at radius 2 is 1.92 bits per heavy atom. The van der Waals surface area contributed by atoms with Crippen LogP contribution in [-0.2, 0) is 14.3 Å². The van der Waals surface area contributed by atoms with E-state index in [4.69, 9.17) is 18.6 Å². The van der Waals surface area contributed by atoms with Gasteiger partial charge in [-0.1, -0.05) is 83.1 Å². The van der Waals surface area contributed by atoms with Gasteiger partial charge in [-0.15, -0.1) is 0 Å². The molecule has 2 aliphatic heterocycles. The maximum Gasteiger partial charge on any atom is 0.335 e. The van der Waals surface area contributed by atoms with Gasteiger partial charge in [-0.25, -0.2) is 4.79 Å². The number of benzene rings is 3. The largest absolute Gasteiger partial charge is 0.508 e. The van der Waals surface area contributed by atoms with E-state index in [1.807, 2.05) is 19.4 Å². The molecule has 8 rings (SSSR count). The van der Waals surface area contributed by atoms with Gasteiger partial charge in [0.05, 0.1) is 10.9 Å². The summed E-state index contributed by atoms with van der Waals surface area (Å²) < 4.78 is 24.2. The number of ether oxygens (including phenoxy) is 3. The third-order valence-electron chi connectivity index (χ3n) is 12.5. The number of carboxylic acids is 1. The van der Waals surface area contributed by atoms with Crippen LogP contribution in [0.25, 0.3) is 27.7 Å². The Balaban J connectivity index is 1.07. The average Bonchev–Trinajstić information content (AvgIpc) is 3.82. The minimum Gasteiger partial charge on any atom is -0.508 e. The number of hydrogen-bond acceptors (Lipinski definition) is 13. The molecule has 63 heavy (non-hydrogen) atoms. The highest BCUT2D eigenvalue weighted by molar-refractivity contribution is 8.76. The van der Waals surface area contributed by atoms with Gasteiger partial charge >= 0.3 is 5.97 Å². The van der Waals surface area contributed by atoms with E-state index in [9.17, 15) is 30.0 Å². The summed E-state index contributed by atoms with van der Waals surface area (Å²) in [5.41, 5.74) is 3.57. The molecule has 2 aromatic heterocycles. The minimum atomic E-state index is -2.10. The molecular formula is C48H53N3O10S2. The highest BCUT2D eigenvalue weighted by atomic mass is 33.1. The third-order valence-corrected chi connectivity index (χ3v) is 14.6. The lowest BCUT2D eigenvalue weighted by Gasteiger charge is -2.48. The summed E-state index contributed by atoms with van der Waals surface area (Å²) in [6.07, 6.45) is 7.38. The second-order valence-electron chi connectivity index (χ2n) is 16.5. The lowest BCUT2D eigenvalue weighted by atomic mass is 9.77. The van der Waals surface area contributed by atoms with E-state index in [-0.39, 0.29) is 58.1 Å². The zero-order valence-corrected chi connectivity index (χ0v) is 36.6. The number of carbonyl (C=O) groups is 1. The normalized spacial score (nSPS) is 27.7. The van der Waals surface area contributed by atoms with Crippen LogP contribution < -0.4 is 20.8 Å². The van der Waals surface area contributed by atoms with E-state index in [1.165, 1.54) is 69.7 Å². The number of nitrogens with one attached hydrogen (secondary N) is 3. The van der Waals surface area contributed by atoms with Crippen LogP contribution in [0.5, 0.6) is 11.5 Å². The Labute approximate surface area is 373 Å². The summed E-state index contributed by atoms with van der Waals surface area (Å²) in [5.74, 6) is 0.214. The molecule has 15 heteroatoms. The summed E-state index contributed by atoms with van der Waals surface area (Å²) in [7, 11) is 5.02. The number of aromatic nitrogens is 1. The number of aliphatic hydroxyl groups is 2. The second-order valence-corrected chi connectivity index (χ2v) is 18.9. The van der Waals surface area contributed by atoms with Gasteiger partial charge in [0.25, 0.3) is 0 Å². The number of aromatic hydroxyl groups is 1. The fourth-order valence-corrected chi connectivity index (χ4v) is 11.1. The van der Waals surface area contributed by atoms with Crippen LogP contribution in [0.1, 0.15) is 48.3 Å². The van der Waals surface area contributed by atoms with Gasteiger partial charge in [0.15, 0.2) is 17.1 Å². The van der Waals surface area contributed by atoms with Crippen molar-refractivity contribution in [2.75, 3.05) is 38.4 Å². The molecule has 0 spiro atoms. The number of aliphatic hydroxyl groups excluding tert-OH is 1. The molecule has 332 valence electrons. The molecule has 5 aromatic rings. The number of rotatable bonds is 11. The number of phenolic OH excluding ortho intramolecular Hbond substituents is 1. The number of fused-ring (bicyclic) bond motifs is 3. The summed E-state index contributed by atoms with van der Waals surface area (Å²) in [6.45, 7) is 3.45. The molecule has 0 amide bonds. The molecule has 9 atom stereocenters. The first-order valence-corrected chi connectivity index (χ1v) is 23.7. The lowest BCUT2D eigenvalue weighted by Crippen LogP contribution is -2.72. The van der Waals surface area contributed by atoms with Crippen molar-refractivity contribution in [3.63, 3.8) is 0 Å². The third kappa shape index (κ3) is 9.66. The van der Waals surface area contributed by atoms with Crippen LogP contribution in [0.15, 0.2) is 119 Å². The molecule has 0 bridgehead atoms. The Morgan fingerprint density at radius 3 is 2.70 bits per heavy atom. The van der Waals surface area contributed by atoms with Crippen molar-refractivity contribution in [1.29, 1.82) is 0 Å². The number of allylic oxidation sites excluding steroid dienone is 4. The molecular weight excluding hydrogens is 843 g/mol. The number of aliphatic carboxylic acids is 1. The standard InChI is InChI=1S/C48H53N3O10S2/c1-28(7-8-29-9-10-31(17-19-49-2)36-6-4-3-5-35(29)36)38-23-51-26-48(57)45(59-27-63-62-25-40(38)32-18-20-50-22-32)43(54)44(46(55)56)61-47(48)60-34-15-16-37-41(21-34)58-24-39(42(37)53)30-11-13-33(52)14-12-30/h3-6,8-16,18,20-22,24,28,31,38,40,43-45,47,49-52,54,57H,7,17,19,23,25-27H2,1-2H3,(H,55,56). The van der Waals surface area contributed by atoms with Crippen LogP contribution in [0.2, 0.25) is 0 Å². The molecule has 13 nitrogen and oxygen atoms in total. The Morgan fingerprint density at radius 1 is 1.10 bits per heavy atom. The van der Waals surface area contributed by atoms with E-state index in [0.29, 0.717) is 23.6 Å². The number of aromatic amines is 1. The van der Waals surface area contributed by atoms with Crippen LogP contribution in [-0.4, -0.2) is 100.0 Å². The number of hydrogen-bond donors (Lipinski definition) is 7. The maximum atomic E-state index is 13.5. The van der Waals surface area contributed by atoms with Crippen molar-refractivity contribution in [2.45, 2.75) is 61.8 Å². The van der Waals surface area contributed by atoms with Crippen molar-refractivity contribution in [1.82, 2.24) is 15.6 Å². The first kappa shape index (κ1) is 44.8. The van der Waals surface area contributed by atoms with Gasteiger partial charge in [0, 0.05) is 36.7 Å². The average molecular weight is 896 g/mol. The fraction of sp³-hybridized carbons (Fsp3) is 0.375. The number of phenols is 1. The highest BCUT2D eigenvalue weighted by Gasteiger charge is 2.59. The van der Waals surface area contributed by atoms with Crippen molar-refractivity contribution < 1.29 is 43.8 Å². The fourth-order valence-electron chi connectivity index (χ4n) is 9.01. The molecule has 2 fully saturated rings. The van der Waals surface area contributed by atoms with Gasteiger partial charge in [0.2, 0.25) is 6.29 Å². The predicted molar refractivity (Wildman–Crippen MR) is 246 cm³/mol. The SMILES string of the molecule is CNCCC1C=CC(=CCC(C)C2CNCC3(O)C(Oc4ccc5c(=O)c(-c6ccc(O)cc6)coc5c4)OC(C(=O)O)C(O)C3OCSSCC2c2cc[nH]c2)c2ccccc21. The van der Waals surface area contributed by atoms with Crippen LogP contribution in [0.3, 0.4) is 0 Å². The zero-order chi connectivity index (χ0) is 44.1. The first-order chi connectivity index (χ1) is 30.5. The van der Waals surface area contributed by atoms with Crippen molar-refractivity contribution >= 4 is 44.1 Å². The van der Waals surface area contributed by atoms with Crippen molar-refractivity contribution in [3.8, 4) is 22.6 Å². The molecule has 9 unspecified atom stereocenters. The summed E-state index contributed by atoms with van der Waals surface area (Å²) in [6, 6.07) is 21.4. The summed E-state index contributed by atoms with van der Waals surface area (Å²) in [5, 5.41) is 51.1. The molecule has 1 aliphatic carbocycles. The van der Waals surface area contributed by atoms with Crippen LogP contribution in [0, 0.1) is 11.8 Å². The molecule has 0 saturated carbocycles. The number of β-amino-alcohol motifs (C(OH)–C–C–N with tert-alkyl or cyclic N) is 1. The van der Waals surface area contributed by atoms with Gasteiger partial charge in [-0.3, -0.25) is 4.79 Å². The quantitative estimate of drug-likeness (QED) is 0.0679. The number of H-pyrrole nitrogens is 1. The van der Waals surface area contributed by atoms with Gasteiger partial charge in [0.1, 0.15) is 41.5 Å². The summed E-state index contributed by atoms with van der Waals surface area (Å²) >= 11 is 0. The van der Waals surface area contributed by atoms with E-state index in [2.05, 4.69) is 71.1 Å². The van der Waals surface area contributed by atoms with Gasteiger partial charge in [-0.05, 0) is 109 Å². The van der Waals surface area contributed by atoms with Crippen LogP contribution >= 0.6 is 21.6 Å². The van der Waals surface area contributed by atoms with E-state index in [1.54, 1.807) is 22.9 Å². The van der Waals surface area contributed by atoms with Crippen LogP contribution in [0.4, 0.5) is 0 Å². The van der Waals surface area contributed by atoms with E-state index in [0.717, 1.165) is 25.1 Å². The Bertz CT molecular complexity index is 2480. The topological polar surface area (TPSA) is 196 Å². The molecule has 7 N–H and O–H groups in total. The van der Waals surface area contributed by atoms with E-state index >= 15 is 0 Å². The Kier molecular flexibility index (Phi) is 14.1. The number of carboxylic acid groups (broad SMARTS) is 1. The van der Waals surface area contributed by atoms with Gasteiger partial charge in [-0.2, -0.15) is 0 Å². The smallest absolute Gasteiger partial charge is 0.335 e. The minimum absolute atomic E-state index is 0.0332. The zero-order valence-electron chi connectivity index (χ0n) is 35.0. The second kappa shape index (κ2) is 19.9. The van der Waals surface area contributed by atoms with Crippen molar-refractivity contribution in [3.05, 3.63) is 137 Å². The summed E-state index contributed by atoms with van der Waals surface area (Å²) in [4.78, 5) is 29.2. The van der Waals surface area contributed by atoms with Crippen molar-refractivity contribution in [2.24, 2.45) is 11.8 Å².